The molecule has 252 valence electrons. The molecule has 3 heterocycles. The van der Waals surface area contributed by atoms with Crippen LogP contribution < -0.4 is 9.80 Å². The molecule has 2 aromatic carbocycles. The largest absolute Gasteiger partial charge is 0.444 e. The highest BCUT2D eigenvalue weighted by Gasteiger charge is 2.27. The lowest BCUT2D eigenvalue weighted by Gasteiger charge is -2.36. The Kier molecular flexibility index (Phi) is 11.2. The van der Waals surface area contributed by atoms with Gasteiger partial charge in [0.15, 0.2) is 16.4 Å². The van der Waals surface area contributed by atoms with Gasteiger partial charge < -0.3 is 24.0 Å². The van der Waals surface area contributed by atoms with Gasteiger partial charge in [0.05, 0.1) is 10.0 Å². The van der Waals surface area contributed by atoms with Crippen LogP contribution in [0.15, 0.2) is 71.4 Å². The summed E-state index contributed by atoms with van der Waals surface area (Å²) in [6, 6.07) is 17.3. The molecule has 2 amide bonds. The molecule has 1 saturated heterocycles. The third kappa shape index (κ3) is 8.60. The highest BCUT2D eigenvalue weighted by molar-refractivity contribution is 6.54. The SMILES string of the molecule is CC(C)(C)OC(=O)N1CCN(c2ccc(C(=O)CCN(C(=O)C(Cl)Cl)c3ccnc(-c4cc(-c5c(Cl)cccc5Cl)no4)c3)cc2)CC1. The second kappa shape index (κ2) is 15.2. The van der Waals surface area contributed by atoms with Crippen LogP contribution in [0.25, 0.3) is 22.7 Å². The van der Waals surface area contributed by atoms with Crippen molar-refractivity contribution in [3.63, 3.8) is 0 Å². The Labute approximate surface area is 298 Å². The monoisotopic (exact) mass is 731 g/mol. The second-order valence-electron chi connectivity index (χ2n) is 12.0. The van der Waals surface area contributed by atoms with E-state index in [4.69, 9.17) is 55.7 Å². The van der Waals surface area contributed by atoms with Crippen LogP contribution in [0.4, 0.5) is 16.2 Å². The van der Waals surface area contributed by atoms with Gasteiger partial charge >= 0.3 is 6.09 Å². The number of anilines is 2. The minimum Gasteiger partial charge on any atom is -0.444 e. The van der Waals surface area contributed by atoms with Crippen molar-refractivity contribution >= 4 is 75.6 Å². The van der Waals surface area contributed by atoms with Gasteiger partial charge in [-0.05, 0) is 69.3 Å². The summed E-state index contributed by atoms with van der Waals surface area (Å²) in [6.07, 6.45) is 1.19. The molecule has 1 fully saturated rings. The van der Waals surface area contributed by atoms with Crippen LogP contribution in [0.1, 0.15) is 37.6 Å². The maximum Gasteiger partial charge on any atom is 0.410 e. The van der Waals surface area contributed by atoms with Gasteiger partial charge in [-0.15, -0.1) is 0 Å². The Morgan fingerprint density at radius 3 is 2.23 bits per heavy atom. The number of piperazine rings is 1. The normalized spacial score (nSPS) is 13.5. The average Bonchev–Trinajstić information content (AvgIpc) is 3.54. The molecule has 0 aliphatic carbocycles. The molecule has 14 heteroatoms. The molecule has 1 aliphatic heterocycles. The number of carbonyl (C=O) groups excluding carboxylic acids is 3. The van der Waals surface area contributed by atoms with Gasteiger partial charge in [0, 0.05) is 73.9 Å². The summed E-state index contributed by atoms with van der Waals surface area (Å²) in [4.78, 5) is 46.9. The Morgan fingerprint density at radius 2 is 1.60 bits per heavy atom. The van der Waals surface area contributed by atoms with E-state index in [1.165, 1.54) is 11.1 Å². The molecule has 0 bridgehead atoms. The van der Waals surface area contributed by atoms with Crippen molar-refractivity contribution in [1.29, 1.82) is 0 Å². The molecule has 48 heavy (non-hydrogen) atoms. The summed E-state index contributed by atoms with van der Waals surface area (Å²) >= 11 is 24.7. The molecule has 0 spiro atoms. The number of ketones is 1. The Morgan fingerprint density at radius 1 is 0.938 bits per heavy atom. The zero-order valence-electron chi connectivity index (χ0n) is 26.5. The lowest BCUT2D eigenvalue weighted by atomic mass is 10.1. The average molecular weight is 733 g/mol. The fraction of sp³-hybridized carbons (Fsp3) is 0.324. The van der Waals surface area contributed by atoms with Gasteiger partial charge in [-0.3, -0.25) is 14.6 Å². The number of halogens is 4. The van der Waals surface area contributed by atoms with E-state index < -0.39 is 16.3 Å². The number of Topliss-reactive ketones (excluding diaryl/α,β-unsaturated/α-hetero) is 1. The minimum absolute atomic E-state index is 0.00919. The van der Waals surface area contributed by atoms with E-state index in [0.29, 0.717) is 70.2 Å². The highest BCUT2D eigenvalue weighted by atomic mass is 35.5. The number of ether oxygens (including phenoxy) is 1. The first-order valence-corrected chi connectivity index (χ1v) is 16.8. The molecule has 0 radical (unpaired) electrons. The molecule has 4 aromatic rings. The number of rotatable bonds is 9. The zero-order valence-corrected chi connectivity index (χ0v) is 29.5. The van der Waals surface area contributed by atoms with Gasteiger partial charge in [0.25, 0.3) is 5.91 Å². The topological polar surface area (TPSA) is 109 Å². The number of hydrogen-bond donors (Lipinski definition) is 0. The molecule has 0 unspecified atom stereocenters. The lowest BCUT2D eigenvalue weighted by molar-refractivity contribution is -0.117. The van der Waals surface area contributed by atoms with Crippen molar-refractivity contribution in [2.24, 2.45) is 0 Å². The number of aromatic nitrogens is 2. The van der Waals surface area contributed by atoms with Gasteiger partial charge in [0.2, 0.25) is 0 Å². The molecular formula is C34H33Cl4N5O5. The van der Waals surface area contributed by atoms with E-state index >= 15 is 0 Å². The predicted octanol–water partition coefficient (Wildman–Crippen LogP) is 8.18. The van der Waals surface area contributed by atoms with Crippen molar-refractivity contribution in [2.45, 2.75) is 37.6 Å². The standard InChI is InChI=1S/C34H33Cl4N5O5/c1-34(2,3)47-33(46)42-17-15-41(16-18-42)22-9-7-21(8-10-22)28(44)12-14-43(32(45)31(37)38)23-11-13-39-26(19-23)29-20-27(40-48-29)30-24(35)5-4-6-25(30)36/h4-11,13,19-20,31H,12,14-18H2,1-3H3. The molecule has 0 atom stereocenters. The molecule has 2 aromatic heterocycles. The summed E-state index contributed by atoms with van der Waals surface area (Å²) in [7, 11) is 0. The number of nitrogens with zero attached hydrogens (tertiary/aromatic N) is 5. The molecular weight excluding hydrogens is 700 g/mol. The van der Waals surface area contributed by atoms with Crippen LogP contribution in [0.3, 0.4) is 0 Å². The fourth-order valence-electron chi connectivity index (χ4n) is 5.15. The molecule has 5 rings (SSSR count). The maximum atomic E-state index is 13.2. The second-order valence-corrected chi connectivity index (χ2v) is 13.9. The quantitative estimate of drug-likeness (QED) is 0.125. The zero-order chi connectivity index (χ0) is 34.6. The van der Waals surface area contributed by atoms with E-state index in [-0.39, 0.29) is 24.8 Å². The van der Waals surface area contributed by atoms with Crippen molar-refractivity contribution in [1.82, 2.24) is 15.0 Å². The number of carbonyl (C=O) groups is 3. The van der Waals surface area contributed by atoms with Crippen LogP contribution in [0, 0.1) is 0 Å². The van der Waals surface area contributed by atoms with Crippen molar-refractivity contribution in [3.05, 3.63) is 82.5 Å². The Balaban J connectivity index is 1.24. The van der Waals surface area contributed by atoms with Crippen LogP contribution in [-0.2, 0) is 9.53 Å². The van der Waals surface area contributed by atoms with Crippen molar-refractivity contribution in [3.8, 4) is 22.7 Å². The van der Waals surface area contributed by atoms with Crippen LogP contribution >= 0.6 is 46.4 Å². The van der Waals surface area contributed by atoms with Crippen molar-refractivity contribution < 1.29 is 23.6 Å². The first-order valence-electron chi connectivity index (χ1n) is 15.1. The molecule has 0 N–H and O–H groups in total. The highest BCUT2D eigenvalue weighted by Crippen LogP contribution is 2.36. The van der Waals surface area contributed by atoms with E-state index in [1.807, 2.05) is 32.9 Å². The summed E-state index contributed by atoms with van der Waals surface area (Å²) in [5.41, 5.74) is 2.62. The van der Waals surface area contributed by atoms with Crippen LogP contribution in [0.5, 0.6) is 0 Å². The van der Waals surface area contributed by atoms with Crippen LogP contribution in [-0.4, -0.2) is 76.0 Å². The maximum absolute atomic E-state index is 13.2. The minimum atomic E-state index is -1.36. The lowest BCUT2D eigenvalue weighted by Crippen LogP contribution is -2.50. The van der Waals surface area contributed by atoms with E-state index in [0.717, 1.165) is 5.69 Å². The molecule has 10 nitrogen and oxygen atoms in total. The number of benzene rings is 2. The van der Waals surface area contributed by atoms with E-state index in [2.05, 4.69) is 15.0 Å². The van der Waals surface area contributed by atoms with E-state index in [9.17, 15) is 14.4 Å². The Bertz CT molecular complexity index is 1760. The fourth-order valence-corrected chi connectivity index (χ4v) is 5.98. The first kappa shape index (κ1) is 35.5. The smallest absolute Gasteiger partial charge is 0.410 e. The predicted molar refractivity (Wildman–Crippen MR) is 188 cm³/mol. The summed E-state index contributed by atoms with van der Waals surface area (Å²) in [5.74, 6) is -0.447. The summed E-state index contributed by atoms with van der Waals surface area (Å²) in [6.45, 7) is 7.89. The van der Waals surface area contributed by atoms with Gasteiger partial charge in [0.1, 0.15) is 17.0 Å². The number of amides is 2. The van der Waals surface area contributed by atoms with Gasteiger partial charge in [-0.2, -0.15) is 0 Å². The number of hydrogen-bond acceptors (Lipinski definition) is 8. The number of alkyl halides is 2. The summed E-state index contributed by atoms with van der Waals surface area (Å²) in [5, 5.41) is 4.92. The van der Waals surface area contributed by atoms with E-state index in [1.54, 1.807) is 53.4 Å². The van der Waals surface area contributed by atoms with Gasteiger partial charge in [-0.1, -0.05) is 57.6 Å². The number of pyridine rings is 1. The third-order valence-electron chi connectivity index (χ3n) is 7.54. The Hall–Kier alpha value is -3.83. The van der Waals surface area contributed by atoms with Crippen molar-refractivity contribution in [2.75, 3.05) is 42.5 Å². The first-order chi connectivity index (χ1) is 22.8. The molecule has 1 aliphatic rings. The molecule has 0 saturated carbocycles. The third-order valence-corrected chi connectivity index (χ3v) is 8.54. The van der Waals surface area contributed by atoms with Crippen LogP contribution in [0.2, 0.25) is 10.0 Å². The van der Waals surface area contributed by atoms with Gasteiger partial charge in [-0.25, -0.2) is 4.79 Å². The summed E-state index contributed by atoms with van der Waals surface area (Å²) < 4.78 is 11.0.